The number of nitrogens with one attached hydrogen (secondary N) is 1. The van der Waals surface area contributed by atoms with Gasteiger partial charge in [-0.3, -0.25) is 4.79 Å². The first kappa shape index (κ1) is 22.9. The Morgan fingerprint density at radius 2 is 1.88 bits per heavy atom. The second kappa shape index (κ2) is 10.1. The molecule has 1 N–H and O–H groups in total. The van der Waals surface area contributed by atoms with Crippen molar-refractivity contribution >= 4 is 27.7 Å². The van der Waals surface area contributed by atoms with Crippen molar-refractivity contribution in [1.82, 2.24) is 14.6 Å². The van der Waals surface area contributed by atoms with Crippen LogP contribution in [0.25, 0.3) is 0 Å². The molecule has 0 saturated carbocycles. The van der Waals surface area contributed by atoms with Crippen LogP contribution in [-0.4, -0.2) is 55.7 Å². The Hall–Kier alpha value is -2.30. The van der Waals surface area contributed by atoms with Crippen molar-refractivity contribution in [3.63, 3.8) is 0 Å². The molecule has 1 aromatic carbocycles. The van der Waals surface area contributed by atoms with E-state index in [2.05, 4.69) is 10.3 Å². The lowest BCUT2D eigenvalue weighted by Gasteiger charge is -2.25. The molecule has 1 saturated heterocycles. The van der Waals surface area contributed by atoms with Crippen molar-refractivity contribution in [3.8, 4) is 11.5 Å². The smallest absolute Gasteiger partial charge is 0.244 e. The highest BCUT2D eigenvalue weighted by molar-refractivity contribution is 7.99. The van der Waals surface area contributed by atoms with Gasteiger partial charge in [-0.05, 0) is 49.6 Å². The first-order chi connectivity index (χ1) is 15.4. The minimum atomic E-state index is -3.50. The standard InChI is InChI=1S/C22H27N3O5S2/c1-16(17-5-7-19-20(13-17)30-12-11-29-19)24-21(26)15-31-22-8-6-18(14-23-22)32(27,28)25-9-3-2-4-10-25/h5-8,13-14,16H,2-4,9-12,15H2,1H3,(H,24,26). The molecule has 1 amide bonds. The molecular formula is C22H27N3O5S2. The van der Waals surface area contributed by atoms with E-state index in [1.807, 2.05) is 25.1 Å². The summed E-state index contributed by atoms with van der Waals surface area (Å²) in [5, 5.41) is 3.57. The number of piperidine rings is 1. The largest absolute Gasteiger partial charge is 0.486 e. The number of nitrogens with zero attached hydrogens (tertiary/aromatic N) is 2. The van der Waals surface area contributed by atoms with E-state index >= 15 is 0 Å². The second-order valence-electron chi connectivity index (χ2n) is 7.78. The number of pyridine rings is 1. The summed E-state index contributed by atoms with van der Waals surface area (Å²) in [6.07, 6.45) is 4.22. The van der Waals surface area contributed by atoms with Gasteiger partial charge in [0.05, 0.1) is 16.8 Å². The fraction of sp³-hybridized carbons (Fsp3) is 0.455. The van der Waals surface area contributed by atoms with E-state index in [0.717, 1.165) is 24.8 Å². The zero-order chi connectivity index (χ0) is 22.6. The minimum Gasteiger partial charge on any atom is -0.486 e. The molecule has 0 radical (unpaired) electrons. The number of aromatic nitrogens is 1. The van der Waals surface area contributed by atoms with E-state index in [-0.39, 0.29) is 22.6 Å². The maximum atomic E-state index is 12.7. The second-order valence-corrected chi connectivity index (χ2v) is 10.7. The molecular weight excluding hydrogens is 450 g/mol. The minimum absolute atomic E-state index is 0.135. The van der Waals surface area contributed by atoms with E-state index in [1.54, 1.807) is 12.1 Å². The molecule has 1 atom stereocenters. The zero-order valence-corrected chi connectivity index (χ0v) is 19.6. The van der Waals surface area contributed by atoms with Gasteiger partial charge in [-0.2, -0.15) is 4.31 Å². The van der Waals surface area contributed by atoms with Crippen LogP contribution in [0.4, 0.5) is 0 Å². The van der Waals surface area contributed by atoms with Gasteiger partial charge in [0.15, 0.2) is 11.5 Å². The number of fused-ring (bicyclic) bond motifs is 1. The molecule has 32 heavy (non-hydrogen) atoms. The van der Waals surface area contributed by atoms with Gasteiger partial charge in [0.1, 0.15) is 18.1 Å². The van der Waals surface area contributed by atoms with Crippen LogP contribution in [0.3, 0.4) is 0 Å². The molecule has 1 fully saturated rings. The zero-order valence-electron chi connectivity index (χ0n) is 18.0. The Balaban J connectivity index is 1.30. The Morgan fingerprint density at radius 1 is 1.12 bits per heavy atom. The monoisotopic (exact) mass is 477 g/mol. The van der Waals surface area contributed by atoms with E-state index < -0.39 is 10.0 Å². The van der Waals surface area contributed by atoms with Crippen LogP contribution < -0.4 is 14.8 Å². The van der Waals surface area contributed by atoms with E-state index in [9.17, 15) is 13.2 Å². The van der Waals surface area contributed by atoms with Gasteiger partial charge >= 0.3 is 0 Å². The number of carbonyl (C=O) groups is 1. The molecule has 1 unspecified atom stereocenters. The average molecular weight is 478 g/mol. The fourth-order valence-electron chi connectivity index (χ4n) is 3.69. The molecule has 4 rings (SSSR count). The summed E-state index contributed by atoms with van der Waals surface area (Å²) < 4.78 is 38.1. The maximum Gasteiger partial charge on any atom is 0.244 e. The molecule has 2 aliphatic rings. The molecule has 3 heterocycles. The van der Waals surface area contributed by atoms with Crippen molar-refractivity contribution in [2.45, 2.75) is 42.1 Å². The lowest BCUT2D eigenvalue weighted by Crippen LogP contribution is -2.35. The quantitative estimate of drug-likeness (QED) is 0.612. The van der Waals surface area contributed by atoms with Gasteiger partial charge in [-0.25, -0.2) is 13.4 Å². The molecule has 2 aliphatic heterocycles. The van der Waals surface area contributed by atoms with Gasteiger partial charge < -0.3 is 14.8 Å². The number of hydrogen-bond donors (Lipinski definition) is 1. The number of amides is 1. The van der Waals surface area contributed by atoms with Crippen molar-refractivity contribution < 1.29 is 22.7 Å². The number of ether oxygens (including phenoxy) is 2. The molecule has 10 heteroatoms. The highest BCUT2D eigenvalue weighted by Crippen LogP contribution is 2.32. The highest BCUT2D eigenvalue weighted by atomic mass is 32.2. The lowest BCUT2D eigenvalue weighted by atomic mass is 10.1. The van der Waals surface area contributed by atoms with Crippen LogP contribution in [0, 0.1) is 0 Å². The number of thioether (sulfide) groups is 1. The predicted molar refractivity (Wildman–Crippen MR) is 122 cm³/mol. The van der Waals surface area contributed by atoms with Gasteiger partial charge in [-0.15, -0.1) is 0 Å². The Kier molecular flexibility index (Phi) is 7.22. The predicted octanol–water partition coefficient (Wildman–Crippen LogP) is 3.00. The topological polar surface area (TPSA) is 97.8 Å². The molecule has 0 bridgehead atoms. The van der Waals surface area contributed by atoms with Crippen LogP contribution in [-0.2, 0) is 14.8 Å². The fourth-order valence-corrected chi connectivity index (χ4v) is 5.81. The third kappa shape index (κ3) is 5.36. The van der Waals surface area contributed by atoms with Crippen LogP contribution >= 0.6 is 11.8 Å². The number of benzene rings is 1. The summed E-state index contributed by atoms with van der Waals surface area (Å²) in [4.78, 5) is 16.8. The third-order valence-electron chi connectivity index (χ3n) is 5.46. The van der Waals surface area contributed by atoms with Gasteiger partial charge in [-0.1, -0.05) is 24.2 Å². The molecule has 0 spiro atoms. The maximum absolute atomic E-state index is 12.7. The number of sulfonamides is 1. The lowest BCUT2D eigenvalue weighted by molar-refractivity contribution is -0.119. The molecule has 8 nitrogen and oxygen atoms in total. The molecule has 2 aromatic rings. The van der Waals surface area contributed by atoms with Crippen molar-refractivity contribution in [2.75, 3.05) is 32.1 Å². The SMILES string of the molecule is CC(NC(=O)CSc1ccc(S(=O)(=O)N2CCCCC2)cn1)c1ccc2c(c1)OCCO2. The normalized spacial score (nSPS) is 17.5. The van der Waals surface area contributed by atoms with Crippen molar-refractivity contribution in [2.24, 2.45) is 0 Å². The van der Waals surface area contributed by atoms with E-state index in [1.165, 1.54) is 22.3 Å². The number of carbonyl (C=O) groups excluding carboxylic acids is 1. The Bertz CT molecular complexity index is 1050. The first-order valence-corrected chi connectivity index (χ1v) is 13.1. The molecule has 1 aromatic heterocycles. The summed E-state index contributed by atoms with van der Waals surface area (Å²) in [6, 6.07) is 8.67. The van der Waals surface area contributed by atoms with Gasteiger partial charge in [0.2, 0.25) is 15.9 Å². The molecule has 0 aliphatic carbocycles. The van der Waals surface area contributed by atoms with Gasteiger partial charge in [0.25, 0.3) is 0 Å². The summed E-state index contributed by atoms with van der Waals surface area (Å²) in [7, 11) is -3.50. The summed E-state index contributed by atoms with van der Waals surface area (Å²) >= 11 is 1.27. The van der Waals surface area contributed by atoms with Crippen molar-refractivity contribution in [3.05, 3.63) is 42.1 Å². The van der Waals surface area contributed by atoms with E-state index in [0.29, 0.717) is 42.8 Å². The Morgan fingerprint density at radius 3 is 2.59 bits per heavy atom. The number of rotatable bonds is 7. The highest BCUT2D eigenvalue weighted by Gasteiger charge is 2.26. The van der Waals surface area contributed by atoms with Crippen molar-refractivity contribution in [1.29, 1.82) is 0 Å². The van der Waals surface area contributed by atoms with Crippen LogP contribution in [0.15, 0.2) is 46.5 Å². The summed E-state index contributed by atoms with van der Waals surface area (Å²) in [5.41, 5.74) is 0.929. The van der Waals surface area contributed by atoms with Crippen LogP contribution in [0.5, 0.6) is 11.5 Å². The average Bonchev–Trinajstić information content (AvgIpc) is 2.83. The summed E-state index contributed by atoms with van der Waals surface area (Å²) in [6.45, 7) is 4.07. The number of hydrogen-bond acceptors (Lipinski definition) is 7. The Labute approximate surface area is 192 Å². The van der Waals surface area contributed by atoms with Crippen LogP contribution in [0.1, 0.15) is 37.8 Å². The van der Waals surface area contributed by atoms with Gasteiger partial charge in [0, 0.05) is 19.3 Å². The summed E-state index contributed by atoms with van der Waals surface area (Å²) in [5.74, 6) is 1.45. The van der Waals surface area contributed by atoms with Crippen LogP contribution in [0.2, 0.25) is 0 Å². The third-order valence-corrected chi connectivity index (χ3v) is 8.28. The van der Waals surface area contributed by atoms with E-state index in [4.69, 9.17) is 9.47 Å². The first-order valence-electron chi connectivity index (χ1n) is 10.7. The molecule has 172 valence electrons.